The Labute approximate surface area is 254 Å². The maximum atomic E-state index is 13.8. The lowest BCUT2D eigenvalue weighted by atomic mass is 10.1. The molecule has 1 fully saturated rings. The third-order valence-corrected chi connectivity index (χ3v) is 9.74. The van der Waals surface area contributed by atoms with Crippen LogP contribution < -0.4 is 16.6 Å². The van der Waals surface area contributed by atoms with Crippen LogP contribution in [0.3, 0.4) is 0 Å². The van der Waals surface area contributed by atoms with Crippen LogP contribution in [-0.2, 0) is 10.0 Å². The molecule has 0 unspecified atom stereocenters. The minimum Gasteiger partial charge on any atom is -0.368 e. The molecular formula is C31H30ClN7O3S. The summed E-state index contributed by atoms with van der Waals surface area (Å²) in [6.45, 7) is 2.88. The van der Waals surface area contributed by atoms with Gasteiger partial charge in [-0.2, -0.15) is 9.29 Å². The number of hydrogen-bond acceptors (Lipinski definition) is 8. The number of aromatic nitrogens is 4. The molecule has 3 N–H and O–H groups in total. The molecule has 10 nitrogen and oxygen atoms in total. The maximum absolute atomic E-state index is 13.8. The predicted molar refractivity (Wildman–Crippen MR) is 169 cm³/mol. The summed E-state index contributed by atoms with van der Waals surface area (Å²) in [7, 11) is -3.66. The number of hydrogen-bond donors (Lipinski definition) is 2. The number of halogens is 1. The van der Waals surface area contributed by atoms with Crippen LogP contribution in [0.15, 0.2) is 88.7 Å². The third kappa shape index (κ3) is 5.58. The molecule has 1 aliphatic rings. The number of anilines is 2. The van der Waals surface area contributed by atoms with Crippen molar-refractivity contribution in [3.63, 3.8) is 0 Å². The summed E-state index contributed by atoms with van der Waals surface area (Å²) in [5.74, 6) is 0.831. The van der Waals surface area contributed by atoms with Gasteiger partial charge in [0.25, 0.3) is 5.56 Å². The highest BCUT2D eigenvalue weighted by Gasteiger charge is 2.27. The molecular weight excluding hydrogens is 586 g/mol. The van der Waals surface area contributed by atoms with Crippen molar-refractivity contribution in [3.8, 4) is 16.8 Å². The first-order chi connectivity index (χ1) is 20.7. The average Bonchev–Trinajstić information content (AvgIpc) is 3.02. The fraction of sp³-hybridized carbons (Fsp3) is 0.226. The quantitative estimate of drug-likeness (QED) is 0.247. The lowest BCUT2D eigenvalue weighted by Crippen LogP contribution is -2.35. The van der Waals surface area contributed by atoms with Crippen molar-refractivity contribution in [2.24, 2.45) is 0 Å². The molecule has 2 aromatic heterocycles. The van der Waals surface area contributed by atoms with E-state index in [-0.39, 0.29) is 16.4 Å². The van der Waals surface area contributed by atoms with E-state index < -0.39 is 16.1 Å². The van der Waals surface area contributed by atoms with Crippen LogP contribution in [0.5, 0.6) is 0 Å². The van der Waals surface area contributed by atoms with Crippen LogP contribution in [0.2, 0.25) is 5.02 Å². The van der Waals surface area contributed by atoms with Crippen LogP contribution in [0.1, 0.15) is 38.1 Å². The van der Waals surface area contributed by atoms with E-state index in [0.717, 1.165) is 19.3 Å². The molecule has 5 aromatic rings. The Morgan fingerprint density at radius 1 is 0.953 bits per heavy atom. The molecule has 220 valence electrons. The number of rotatable bonds is 7. The monoisotopic (exact) mass is 615 g/mol. The number of nitrogens with one attached hydrogen (secondary N) is 1. The fourth-order valence-electron chi connectivity index (χ4n) is 5.39. The van der Waals surface area contributed by atoms with Crippen molar-refractivity contribution in [2.45, 2.75) is 37.1 Å². The van der Waals surface area contributed by atoms with E-state index in [4.69, 9.17) is 22.3 Å². The Kier molecular flexibility index (Phi) is 7.87. The largest absolute Gasteiger partial charge is 0.368 e. The molecule has 1 saturated heterocycles. The summed E-state index contributed by atoms with van der Waals surface area (Å²) in [4.78, 5) is 27.5. The van der Waals surface area contributed by atoms with E-state index >= 15 is 0 Å². The zero-order valence-corrected chi connectivity index (χ0v) is 25.0. The molecule has 12 heteroatoms. The summed E-state index contributed by atoms with van der Waals surface area (Å²) in [5, 5.41) is 4.00. The summed E-state index contributed by atoms with van der Waals surface area (Å²) in [6, 6.07) is 20.5. The molecule has 1 aliphatic heterocycles. The average molecular weight is 616 g/mol. The van der Waals surface area contributed by atoms with Crippen LogP contribution >= 0.6 is 11.6 Å². The Balaban J connectivity index is 1.43. The predicted octanol–water partition coefficient (Wildman–Crippen LogP) is 5.43. The second kappa shape index (κ2) is 11.8. The van der Waals surface area contributed by atoms with Crippen LogP contribution in [0, 0.1) is 0 Å². The standard InChI is InChI=1S/C31H30ClN7O3S/c1-20(29-36-26-15-9-14-25(32)27(26)30(40)39(29)22-11-4-2-5-12-22)35-28-24(19-34-31(33)37-28)21-10-8-13-23(18-21)43(41,42)38-16-6-3-7-17-38/h2,4-5,8-15,18-20H,3,6-7,16-17H2,1H3,(H3,33,34,35,37)/t20-/m1/s1. The summed E-state index contributed by atoms with van der Waals surface area (Å²) >= 11 is 6.44. The summed E-state index contributed by atoms with van der Waals surface area (Å²) in [5.41, 5.74) is 7.95. The summed E-state index contributed by atoms with van der Waals surface area (Å²) in [6.07, 6.45) is 4.28. The third-order valence-electron chi connectivity index (χ3n) is 7.53. The van der Waals surface area contributed by atoms with Crippen LogP contribution in [0.4, 0.5) is 11.8 Å². The zero-order chi connectivity index (χ0) is 30.1. The van der Waals surface area contributed by atoms with E-state index in [2.05, 4.69) is 15.3 Å². The van der Waals surface area contributed by atoms with Gasteiger partial charge in [-0.25, -0.2) is 18.4 Å². The van der Waals surface area contributed by atoms with Crippen molar-refractivity contribution in [3.05, 3.63) is 100 Å². The number of para-hydroxylation sites is 1. The van der Waals surface area contributed by atoms with Gasteiger partial charge in [0.15, 0.2) is 0 Å². The molecule has 0 amide bonds. The number of nitrogen functional groups attached to an aromatic ring is 1. The molecule has 3 heterocycles. The van der Waals surface area contributed by atoms with E-state index in [1.54, 1.807) is 48.7 Å². The summed E-state index contributed by atoms with van der Waals surface area (Å²) < 4.78 is 29.9. The van der Waals surface area contributed by atoms with Gasteiger partial charge in [0.2, 0.25) is 16.0 Å². The minimum atomic E-state index is -3.66. The fourth-order valence-corrected chi connectivity index (χ4v) is 7.20. The zero-order valence-electron chi connectivity index (χ0n) is 23.4. The van der Waals surface area contributed by atoms with Gasteiger partial charge in [0.1, 0.15) is 11.6 Å². The molecule has 43 heavy (non-hydrogen) atoms. The number of nitrogens with two attached hydrogens (primary N) is 1. The van der Waals surface area contributed by atoms with Gasteiger partial charge in [-0.05, 0) is 61.7 Å². The van der Waals surface area contributed by atoms with Gasteiger partial charge in [0.05, 0.1) is 32.6 Å². The highest BCUT2D eigenvalue weighted by atomic mass is 35.5. The van der Waals surface area contributed by atoms with Gasteiger partial charge in [-0.1, -0.05) is 54.4 Å². The maximum Gasteiger partial charge on any atom is 0.267 e. The molecule has 0 bridgehead atoms. The second-order valence-electron chi connectivity index (χ2n) is 10.4. The minimum absolute atomic E-state index is 0.0363. The van der Waals surface area contributed by atoms with Gasteiger partial charge >= 0.3 is 0 Å². The van der Waals surface area contributed by atoms with Gasteiger partial charge in [0, 0.05) is 24.8 Å². The second-order valence-corrected chi connectivity index (χ2v) is 12.8. The molecule has 0 radical (unpaired) electrons. The van der Waals surface area contributed by atoms with Crippen molar-refractivity contribution < 1.29 is 8.42 Å². The van der Waals surface area contributed by atoms with Crippen LogP contribution in [-0.4, -0.2) is 45.3 Å². The first kappa shape index (κ1) is 28.8. The molecule has 0 aliphatic carbocycles. The van der Waals surface area contributed by atoms with Gasteiger partial charge in [-0.3, -0.25) is 9.36 Å². The number of fused-ring (bicyclic) bond motifs is 1. The van der Waals surface area contributed by atoms with E-state index in [0.29, 0.717) is 57.5 Å². The number of benzene rings is 3. The van der Waals surface area contributed by atoms with Crippen LogP contribution in [0.25, 0.3) is 27.7 Å². The molecule has 0 spiro atoms. The lowest BCUT2D eigenvalue weighted by Gasteiger charge is -2.26. The molecule has 6 rings (SSSR count). The Hall–Kier alpha value is -4.32. The Bertz CT molecular complexity index is 1980. The van der Waals surface area contributed by atoms with E-state index in [1.807, 2.05) is 37.3 Å². The Morgan fingerprint density at radius 3 is 2.47 bits per heavy atom. The number of nitrogens with zero attached hydrogens (tertiary/aromatic N) is 5. The number of sulfonamides is 1. The Morgan fingerprint density at radius 2 is 1.70 bits per heavy atom. The van der Waals surface area contributed by atoms with Crippen molar-refractivity contribution in [1.82, 2.24) is 23.8 Å². The molecule has 1 atom stereocenters. The highest BCUT2D eigenvalue weighted by molar-refractivity contribution is 7.89. The SMILES string of the molecule is C[C@@H](Nc1nc(N)ncc1-c1cccc(S(=O)(=O)N2CCCCC2)c1)c1nc2cccc(Cl)c2c(=O)n1-c1ccccc1. The number of piperidine rings is 1. The van der Waals surface area contributed by atoms with Crippen molar-refractivity contribution in [2.75, 3.05) is 24.1 Å². The van der Waals surface area contributed by atoms with Crippen molar-refractivity contribution in [1.29, 1.82) is 0 Å². The highest BCUT2D eigenvalue weighted by Crippen LogP contribution is 2.32. The van der Waals surface area contributed by atoms with E-state index in [9.17, 15) is 13.2 Å². The normalized spacial score (nSPS) is 14.9. The molecule has 3 aromatic carbocycles. The smallest absolute Gasteiger partial charge is 0.267 e. The first-order valence-electron chi connectivity index (χ1n) is 14.0. The first-order valence-corrected chi connectivity index (χ1v) is 15.8. The van der Waals surface area contributed by atoms with E-state index in [1.165, 1.54) is 8.87 Å². The molecule has 0 saturated carbocycles. The van der Waals surface area contributed by atoms with Gasteiger partial charge < -0.3 is 11.1 Å². The lowest BCUT2D eigenvalue weighted by molar-refractivity contribution is 0.346. The van der Waals surface area contributed by atoms with Gasteiger partial charge in [-0.15, -0.1) is 0 Å². The topological polar surface area (TPSA) is 136 Å². The van der Waals surface area contributed by atoms with Crippen molar-refractivity contribution >= 4 is 44.3 Å².